The van der Waals surface area contributed by atoms with Crippen molar-refractivity contribution in [2.24, 2.45) is 0 Å². The van der Waals surface area contributed by atoms with Crippen LogP contribution in [-0.4, -0.2) is 19.4 Å². The standard InChI is InChI=1S/C11H12ClNO/c1-13(10-4-5-10)11-6-9(12)3-2-8(11)7-14/h2-3,6-7,10H,4-5H2,1H3. The molecule has 0 N–H and O–H groups in total. The van der Waals surface area contributed by atoms with Gasteiger partial charge in [-0.25, -0.2) is 0 Å². The Morgan fingerprint density at radius 2 is 2.21 bits per heavy atom. The minimum absolute atomic E-state index is 0.590. The van der Waals surface area contributed by atoms with Gasteiger partial charge < -0.3 is 4.90 Å². The molecular weight excluding hydrogens is 198 g/mol. The second kappa shape index (κ2) is 3.62. The zero-order valence-corrected chi connectivity index (χ0v) is 8.79. The molecule has 14 heavy (non-hydrogen) atoms. The Hall–Kier alpha value is -1.02. The lowest BCUT2D eigenvalue weighted by atomic mass is 10.2. The number of halogens is 1. The van der Waals surface area contributed by atoms with Gasteiger partial charge in [0.15, 0.2) is 6.29 Å². The Kier molecular flexibility index (Phi) is 2.46. The first-order valence-electron chi connectivity index (χ1n) is 4.70. The van der Waals surface area contributed by atoms with E-state index in [1.54, 1.807) is 12.1 Å². The van der Waals surface area contributed by atoms with Gasteiger partial charge in [-0.1, -0.05) is 11.6 Å². The molecule has 1 saturated carbocycles. The minimum Gasteiger partial charge on any atom is -0.371 e. The van der Waals surface area contributed by atoms with Gasteiger partial charge in [-0.15, -0.1) is 0 Å². The zero-order valence-electron chi connectivity index (χ0n) is 8.03. The fourth-order valence-electron chi connectivity index (χ4n) is 1.58. The summed E-state index contributed by atoms with van der Waals surface area (Å²) in [7, 11) is 2.01. The van der Waals surface area contributed by atoms with Gasteiger partial charge in [-0.05, 0) is 31.0 Å². The highest BCUT2D eigenvalue weighted by Crippen LogP contribution is 2.32. The maximum atomic E-state index is 10.8. The molecular formula is C11H12ClNO. The van der Waals surface area contributed by atoms with E-state index in [0.29, 0.717) is 16.6 Å². The molecule has 0 aromatic heterocycles. The number of hydrogen-bond donors (Lipinski definition) is 0. The first kappa shape index (κ1) is 9.53. The van der Waals surface area contributed by atoms with E-state index in [9.17, 15) is 4.79 Å². The van der Waals surface area contributed by atoms with E-state index in [1.165, 1.54) is 12.8 Å². The molecule has 0 bridgehead atoms. The third-order valence-electron chi connectivity index (χ3n) is 2.59. The number of hydrogen-bond acceptors (Lipinski definition) is 2. The van der Waals surface area contributed by atoms with E-state index in [0.717, 1.165) is 12.0 Å². The highest BCUT2D eigenvalue weighted by molar-refractivity contribution is 6.31. The summed E-state index contributed by atoms with van der Waals surface area (Å²) in [5.74, 6) is 0. The Labute approximate surface area is 88.5 Å². The molecule has 2 nitrogen and oxygen atoms in total. The van der Waals surface area contributed by atoms with Crippen molar-refractivity contribution in [3.05, 3.63) is 28.8 Å². The molecule has 74 valence electrons. The topological polar surface area (TPSA) is 20.3 Å². The van der Waals surface area contributed by atoms with E-state index < -0.39 is 0 Å². The summed E-state index contributed by atoms with van der Waals surface area (Å²) in [5, 5.41) is 0.679. The summed E-state index contributed by atoms with van der Waals surface area (Å²) in [6.07, 6.45) is 3.30. The second-order valence-electron chi connectivity index (χ2n) is 3.66. The first-order valence-corrected chi connectivity index (χ1v) is 5.07. The minimum atomic E-state index is 0.590. The van der Waals surface area contributed by atoms with Gasteiger partial charge in [0.2, 0.25) is 0 Å². The Bertz CT molecular complexity index is 360. The van der Waals surface area contributed by atoms with Gasteiger partial charge in [0.05, 0.1) is 0 Å². The van der Waals surface area contributed by atoms with Crippen molar-refractivity contribution in [2.75, 3.05) is 11.9 Å². The smallest absolute Gasteiger partial charge is 0.152 e. The summed E-state index contributed by atoms with van der Waals surface area (Å²) in [5.41, 5.74) is 1.65. The maximum absolute atomic E-state index is 10.8. The molecule has 0 saturated heterocycles. The van der Waals surface area contributed by atoms with Gasteiger partial charge in [-0.2, -0.15) is 0 Å². The predicted molar refractivity (Wildman–Crippen MR) is 58.3 cm³/mol. The lowest BCUT2D eigenvalue weighted by molar-refractivity contribution is 0.112. The van der Waals surface area contributed by atoms with E-state index in [4.69, 9.17) is 11.6 Å². The predicted octanol–water partition coefficient (Wildman–Crippen LogP) is 2.75. The van der Waals surface area contributed by atoms with Crippen LogP contribution in [0.1, 0.15) is 23.2 Å². The summed E-state index contributed by atoms with van der Waals surface area (Å²) in [4.78, 5) is 13.0. The van der Waals surface area contributed by atoms with E-state index in [-0.39, 0.29) is 0 Å². The van der Waals surface area contributed by atoms with Crippen LogP contribution in [0.2, 0.25) is 5.02 Å². The first-order chi connectivity index (χ1) is 6.72. The van der Waals surface area contributed by atoms with Crippen LogP contribution in [0.15, 0.2) is 18.2 Å². The van der Waals surface area contributed by atoms with Crippen LogP contribution in [0.25, 0.3) is 0 Å². The quantitative estimate of drug-likeness (QED) is 0.714. The second-order valence-corrected chi connectivity index (χ2v) is 4.10. The molecule has 1 fully saturated rings. The van der Waals surface area contributed by atoms with Gasteiger partial charge in [0.1, 0.15) is 0 Å². The van der Waals surface area contributed by atoms with Crippen molar-refractivity contribution in [3.8, 4) is 0 Å². The number of carbonyl (C=O) groups is 1. The van der Waals surface area contributed by atoms with Crippen LogP contribution in [0, 0.1) is 0 Å². The van der Waals surface area contributed by atoms with Crippen LogP contribution in [0.4, 0.5) is 5.69 Å². The van der Waals surface area contributed by atoms with Gasteiger partial charge in [0.25, 0.3) is 0 Å². The fourth-order valence-corrected chi connectivity index (χ4v) is 1.75. The molecule has 0 atom stereocenters. The summed E-state index contributed by atoms with van der Waals surface area (Å²) >= 11 is 5.90. The molecule has 0 heterocycles. The number of carbonyl (C=O) groups excluding carboxylic acids is 1. The SMILES string of the molecule is CN(c1cc(Cl)ccc1C=O)C1CC1. The molecule has 3 heteroatoms. The molecule has 0 aliphatic heterocycles. The molecule has 0 spiro atoms. The number of aldehydes is 1. The normalized spacial score (nSPS) is 15.3. The van der Waals surface area contributed by atoms with E-state index >= 15 is 0 Å². The molecule has 0 unspecified atom stereocenters. The summed E-state index contributed by atoms with van der Waals surface area (Å²) in [6.45, 7) is 0. The van der Waals surface area contributed by atoms with Crippen LogP contribution >= 0.6 is 11.6 Å². The zero-order chi connectivity index (χ0) is 10.1. The average molecular weight is 210 g/mol. The van der Waals surface area contributed by atoms with Crippen molar-refractivity contribution >= 4 is 23.6 Å². The lowest BCUT2D eigenvalue weighted by Crippen LogP contribution is -2.20. The molecule has 1 aromatic carbocycles. The molecule has 0 radical (unpaired) electrons. The Morgan fingerprint density at radius 1 is 1.50 bits per heavy atom. The fraction of sp³-hybridized carbons (Fsp3) is 0.364. The highest BCUT2D eigenvalue weighted by Gasteiger charge is 2.27. The largest absolute Gasteiger partial charge is 0.371 e. The highest BCUT2D eigenvalue weighted by atomic mass is 35.5. The van der Waals surface area contributed by atoms with Crippen molar-refractivity contribution in [1.29, 1.82) is 0 Å². The van der Waals surface area contributed by atoms with Crippen molar-refractivity contribution in [3.63, 3.8) is 0 Å². The maximum Gasteiger partial charge on any atom is 0.152 e. The van der Waals surface area contributed by atoms with E-state index in [2.05, 4.69) is 4.90 Å². The molecule has 1 aliphatic carbocycles. The van der Waals surface area contributed by atoms with Crippen LogP contribution in [-0.2, 0) is 0 Å². The summed E-state index contributed by atoms with van der Waals surface area (Å²) < 4.78 is 0. The lowest BCUT2D eigenvalue weighted by Gasteiger charge is -2.20. The summed E-state index contributed by atoms with van der Waals surface area (Å²) in [6, 6.07) is 5.95. The monoisotopic (exact) mass is 209 g/mol. The van der Waals surface area contributed by atoms with Crippen LogP contribution in [0.3, 0.4) is 0 Å². The Morgan fingerprint density at radius 3 is 2.79 bits per heavy atom. The third kappa shape index (κ3) is 1.75. The van der Waals surface area contributed by atoms with Crippen molar-refractivity contribution in [1.82, 2.24) is 0 Å². The number of benzene rings is 1. The van der Waals surface area contributed by atoms with Crippen molar-refractivity contribution < 1.29 is 4.79 Å². The van der Waals surface area contributed by atoms with Gasteiger partial charge >= 0.3 is 0 Å². The van der Waals surface area contributed by atoms with Crippen molar-refractivity contribution in [2.45, 2.75) is 18.9 Å². The number of rotatable bonds is 3. The number of nitrogens with zero attached hydrogens (tertiary/aromatic N) is 1. The van der Waals surface area contributed by atoms with Gasteiger partial charge in [-0.3, -0.25) is 4.79 Å². The molecule has 1 aromatic rings. The molecule has 0 amide bonds. The van der Waals surface area contributed by atoms with Gasteiger partial charge in [0, 0.05) is 29.4 Å². The number of anilines is 1. The average Bonchev–Trinajstić information content (AvgIpc) is 3.00. The van der Waals surface area contributed by atoms with Crippen LogP contribution in [0.5, 0.6) is 0 Å². The molecule has 2 rings (SSSR count). The Balaban J connectivity index is 2.37. The molecule has 1 aliphatic rings. The van der Waals surface area contributed by atoms with E-state index in [1.807, 2.05) is 13.1 Å². The van der Waals surface area contributed by atoms with Crippen LogP contribution < -0.4 is 4.90 Å². The third-order valence-corrected chi connectivity index (χ3v) is 2.83.